The summed E-state index contributed by atoms with van der Waals surface area (Å²) in [5, 5.41) is 8.56. The van der Waals surface area contributed by atoms with Crippen molar-refractivity contribution in [3.63, 3.8) is 0 Å². The summed E-state index contributed by atoms with van der Waals surface area (Å²) in [5.41, 5.74) is 4.73. The third kappa shape index (κ3) is 2.36. The van der Waals surface area contributed by atoms with Crippen LogP contribution in [0.4, 0.5) is 14.6 Å². The maximum absolute atomic E-state index is 12.7. The highest BCUT2D eigenvalue weighted by Crippen LogP contribution is 2.35. The van der Waals surface area contributed by atoms with Gasteiger partial charge in [-0.15, -0.1) is 0 Å². The van der Waals surface area contributed by atoms with Gasteiger partial charge in [0, 0.05) is 6.20 Å². The van der Waals surface area contributed by atoms with Crippen LogP contribution in [0.5, 0.6) is 5.75 Å². The molecule has 0 fully saturated rings. The number of methoxy groups -OCH3 is 1. The number of nitrogens with two attached hydrogens (primary N) is 1. The van der Waals surface area contributed by atoms with E-state index in [4.69, 9.17) is 15.6 Å². The van der Waals surface area contributed by atoms with Gasteiger partial charge < -0.3 is 15.6 Å². The normalized spacial score (nSPS) is 10.5. The molecule has 1 aromatic heterocycles. The van der Waals surface area contributed by atoms with Gasteiger partial charge in [-0.3, -0.25) is 4.79 Å². The van der Waals surface area contributed by atoms with Gasteiger partial charge in [-0.25, -0.2) is 13.8 Å². The number of hydrogen-bond donors (Lipinski definition) is 2. The third-order valence-electron chi connectivity index (χ3n) is 1.95. The van der Waals surface area contributed by atoms with Gasteiger partial charge in [0.15, 0.2) is 11.6 Å². The Labute approximate surface area is 89.9 Å². The van der Waals surface area contributed by atoms with Crippen molar-refractivity contribution in [3.8, 4) is 5.75 Å². The molecule has 3 N–H and O–H groups in total. The number of rotatable bonds is 4. The van der Waals surface area contributed by atoms with Crippen molar-refractivity contribution < 1.29 is 23.4 Å². The Bertz CT molecular complexity index is 410. The summed E-state index contributed by atoms with van der Waals surface area (Å²) in [5.74, 6) is -1.68. The molecule has 0 atom stereocenters. The molecular weight excluding hydrogens is 222 g/mol. The summed E-state index contributed by atoms with van der Waals surface area (Å²) in [6.45, 7) is 0. The SMILES string of the molecule is COc1c(N)ncc(CC(=O)O)c1C(F)F. The maximum Gasteiger partial charge on any atom is 0.307 e. The molecule has 88 valence electrons. The van der Waals surface area contributed by atoms with E-state index in [2.05, 4.69) is 4.98 Å². The van der Waals surface area contributed by atoms with E-state index in [9.17, 15) is 13.6 Å². The average Bonchev–Trinajstić information content (AvgIpc) is 2.18. The van der Waals surface area contributed by atoms with Crippen molar-refractivity contribution in [3.05, 3.63) is 17.3 Å². The van der Waals surface area contributed by atoms with E-state index in [0.717, 1.165) is 6.20 Å². The van der Waals surface area contributed by atoms with Crippen molar-refractivity contribution in [2.75, 3.05) is 12.8 Å². The number of pyridine rings is 1. The lowest BCUT2D eigenvalue weighted by Crippen LogP contribution is -2.09. The van der Waals surface area contributed by atoms with Crippen LogP contribution in [0.2, 0.25) is 0 Å². The molecule has 0 aliphatic rings. The predicted octanol–water partition coefficient (Wildman–Crippen LogP) is 1.24. The van der Waals surface area contributed by atoms with Gasteiger partial charge in [0.2, 0.25) is 0 Å². The predicted molar refractivity (Wildman–Crippen MR) is 51.5 cm³/mol. The van der Waals surface area contributed by atoms with Gasteiger partial charge in [0.25, 0.3) is 6.43 Å². The number of alkyl halides is 2. The maximum atomic E-state index is 12.7. The first-order valence-electron chi connectivity index (χ1n) is 4.28. The first-order valence-corrected chi connectivity index (χ1v) is 4.28. The standard InChI is InChI=1S/C9H10F2N2O3/c1-16-7-6(8(10)11)4(2-5(14)15)3-13-9(7)12/h3,8H,2H2,1H3,(H2,12,13)(H,14,15). The molecule has 0 saturated carbocycles. The number of ether oxygens (including phenoxy) is 1. The number of carboxylic acids is 1. The molecule has 0 aliphatic heterocycles. The fourth-order valence-electron chi connectivity index (χ4n) is 1.32. The third-order valence-corrected chi connectivity index (χ3v) is 1.95. The number of hydrogen-bond acceptors (Lipinski definition) is 4. The van der Waals surface area contributed by atoms with Crippen LogP contribution in [0.25, 0.3) is 0 Å². The number of halogens is 2. The van der Waals surface area contributed by atoms with E-state index in [-0.39, 0.29) is 17.1 Å². The van der Waals surface area contributed by atoms with E-state index < -0.39 is 24.4 Å². The highest BCUT2D eigenvalue weighted by atomic mass is 19.3. The quantitative estimate of drug-likeness (QED) is 0.815. The highest BCUT2D eigenvalue weighted by Gasteiger charge is 2.23. The molecular formula is C9H10F2N2O3. The van der Waals surface area contributed by atoms with Crippen LogP contribution in [-0.4, -0.2) is 23.2 Å². The molecule has 0 aliphatic carbocycles. The molecule has 5 nitrogen and oxygen atoms in total. The number of aromatic nitrogens is 1. The van der Waals surface area contributed by atoms with Crippen LogP contribution in [-0.2, 0) is 11.2 Å². The number of aliphatic carboxylic acids is 1. The van der Waals surface area contributed by atoms with Crippen LogP contribution >= 0.6 is 0 Å². The average molecular weight is 232 g/mol. The van der Waals surface area contributed by atoms with E-state index in [0.29, 0.717) is 0 Å². The van der Waals surface area contributed by atoms with E-state index >= 15 is 0 Å². The van der Waals surface area contributed by atoms with E-state index in [1.54, 1.807) is 0 Å². The lowest BCUT2D eigenvalue weighted by Gasteiger charge is -2.13. The number of carboxylic acid groups (broad SMARTS) is 1. The largest absolute Gasteiger partial charge is 0.492 e. The zero-order valence-corrected chi connectivity index (χ0v) is 8.41. The van der Waals surface area contributed by atoms with Crippen molar-refractivity contribution in [2.24, 2.45) is 0 Å². The molecule has 0 saturated heterocycles. The highest BCUT2D eigenvalue weighted by molar-refractivity contribution is 5.72. The molecule has 1 heterocycles. The Morgan fingerprint density at radius 1 is 1.69 bits per heavy atom. The topological polar surface area (TPSA) is 85.4 Å². The molecule has 0 bridgehead atoms. The minimum Gasteiger partial charge on any atom is -0.492 e. The molecule has 7 heteroatoms. The van der Waals surface area contributed by atoms with Crippen molar-refractivity contribution in [1.82, 2.24) is 4.98 Å². The van der Waals surface area contributed by atoms with Gasteiger partial charge in [0.05, 0.1) is 19.1 Å². The first kappa shape index (κ1) is 12.2. The molecule has 0 spiro atoms. The number of nitrogen functional groups attached to an aromatic ring is 1. The smallest absolute Gasteiger partial charge is 0.307 e. The Morgan fingerprint density at radius 3 is 2.75 bits per heavy atom. The summed E-state index contributed by atoms with van der Waals surface area (Å²) >= 11 is 0. The van der Waals surface area contributed by atoms with Crippen LogP contribution < -0.4 is 10.5 Å². The molecule has 16 heavy (non-hydrogen) atoms. The van der Waals surface area contributed by atoms with E-state index in [1.165, 1.54) is 7.11 Å². The molecule has 1 rings (SSSR count). The molecule has 0 amide bonds. The van der Waals surface area contributed by atoms with Crippen molar-refractivity contribution in [1.29, 1.82) is 0 Å². The summed E-state index contributed by atoms with van der Waals surface area (Å²) in [4.78, 5) is 14.1. The zero-order chi connectivity index (χ0) is 12.3. The van der Waals surface area contributed by atoms with Gasteiger partial charge in [-0.2, -0.15) is 0 Å². The van der Waals surface area contributed by atoms with Crippen LogP contribution in [0.1, 0.15) is 17.6 Å². The second kappa shape index (κ2) is 4.73. The Hall–Kier alpha value is -1.92. The molecule has 0 radical (unpaired) electrons. The van der Waals surface area contributed by atoms with Gasteiger partial charge in [-0.05, 0) is 5.56 Å². The lowest BCUT2D eigenvalue weighted by atomic mass is 10.1. The van der Waals surface area contributed by atoms with Gasteiger partial charge in [-0.1, -0.05) is 0 Å². The number of carbonyl (C=O) groups is 1. The molecule has 1 aromatic rings. The minimum absolute atomic E-state index is 0.103. The second-order valence-electron chi connectivity index (χ2n) is 2.99. The monoisotopic (exact) mass is 232 g/mol. The summed E-state index contributed by atoms with van der Waals surface area (Å²) in [7, 11) is 1.17. The Morgan fingerprint density at radius 2 is 2.31 bits per heavy atom. The number of anilines is 1. The first-order chi connectivity index (χ1) is 7.47. The number of nitrogens with zero attached hydrogens (tertiary/aromatic N) is 1. The molecule has 0 unspecified atom stereocenters. The summed E-state index contributed by atoms with van der Waals surface area (Å²) < 4.78 is 30.2. The van der Waals surface area contributed by atoms with Crippen molar-refractivity contribution >= 4 is 11.8 Å². The Balaban J connectivity index is 3.32. The molecule has 0 aromatic carbocycles. The van der Waals surface area contributed by atoms with Crippen LogP contribution in [0, 0.1) is 0 Å². The second-order valence-corrected chi connectivity index (χ2v) is 2.99. The van der Waals surface area contributed by atoms with Crippen molar-refractivity contribution in [2.45, 2.75) is 12.8 Å². The minimum atomic E-state index is -2.87. The summed E-state index contributed by atoms with van der Waals surface area (Å²) in [6, 6.07) is 0. The van der Waals surface area contributed by atoms with Gasteiger partial charge in [0.1, 0.15) is 0 Å². The van der Waals surface area contributed by atoms with Crippen LogP contribution in [0.3, 0.4) is 0 Å². The fourth-order valence-corrected chi connectivity index (χ4v) is 1.32. The van der Waals surface area contributed by atoms with Crippen LogP contribution in [0.15, 0.2) is 6.20 Å². The van der Waals surface area contributed by atoms with E-state index in [1.807, 2.05) is 0 Å². The Kier molecular flexibility index (Phi) is 3.60. The summed E-state index contributed by atoms with van der Waals surface area (Å²) in [6.07, 6.45) is -2.40. The zero-order valence-electron chi connectivity index (χ0n) is 8.41. The lowest BCUT2D eigenvalue weighted by molar-refractivity contribution is -0.136. The fraction of sp³-hybridized carbons (Fsp3) is 0.333. The van der Waals surface area contributed by atoms with Gasteiger partial charge >= 0.3 is 5.97 Å².